The van der Waals surface area contributed by atoms with Crippen LogP contribution >= 0.6 is 0 Å². The van der Waals surface area contributed by atoms with Gasteiger partial charge in [-0.15, -0.1) is 0 Å². The molecule has 0 spiro atoms. The van der Waals surface area contributed by atoms with Crippen LogP contribution in [0.2, 0.25) is 0 Å². The predicted molar refractivity (Wildman–Crippen MR) is 60.2 cm³/mol. The summed E-state index contributed by atoms with van der Waals surface area (Å²) >= 11 is 0. The lowest BCUT2D eigenvalue weighted by molar-refractivity contribution is 0.588. The van der Waals surface area contributed by atoms with E-state index in [4.69, 9.17) is 5.73 Å². The number of hydrogen-bond acceptors (Lipinski definition) is 4. The van der Waals surface area contributed by atoms with Gasteiger partial charge in [0.15, 0.2) is 0 Å². The first-order chi connectivity index (χ1) is 7.10. The summed E-state index contributed by atoms with van der Waals surface area (Å²) in [7, 11) is -1.95. The summed E-state index contributed by atoms with van der Waals surface area (Å²) in [4.78, 5) is 0.253. The molecule has 0 amide bonds. The molecule has 1 aromatic carbocycles. The molecular weight excluding hydrogens is 214 g/mol. The molecule has 6 heteroatoms. The van der Waals surface area contributed by atoms with Crippen molar-refractivity contribution >= 4 is 15.7 Å². The van der Waals surface area contributed by atoms with Crippen molar-refractivity contribution in [3.63, 3.8) is 0 Å². The first-order valence-electron chi connectivity index (χ1n) is 4.57. The second-order valence-electron chi connectivity index (χ2n) is 2.95. The fourth-order valence-electron chi connectivity index (χ4n) is 1.09. The van der Waals surface area contributed by atoms with E-state index in [1.807, 2.05) is 0 Å². The number of anilines is 1. The highest BCUT2D eigenvalue weighted by Crippen LogP contribution is 2.13. The van der Waals surface area contributed by atoms with E-state index in [1.165, 1.54) is 7.05 Å². The Balaban J connectivity index is 2.81. The van der Waals surface area contributed by atoms with Crippen molar-refractivity contribution < 1.29 is 8.42 Å². The fraction of sp³-hybridized carbons (Fsp3) is 0.333. The van der Waals surface area contributed by atoms with Crippen LogP contribution < -0.4 is 15.8 Å². The number of nitrogens with two attached hydrogens (primary N) is 1. The third-order valence-corrected chi connectivity index (χ3v) is 3.34. The van der Waals surface area contributed by atoms with Crippen molar-refractivity contribution in [2.45, 2.75) is 4.90 Å². The molecule has 1 aromatic rings. The second-order valence-corrected chi connectivity index (χ2v) is 4.83. The topological polar surface area (TPSA) is 84.2 Å². The summed E-state index contributed by atoms with van der Waals surface area (Å²) < 4.78 is 25.0. The summed E-state index contributed by atoms with van der Waals surface area (Å²) in [5, 5.41) is 3.05. The molecule has 15 heavy (non-hydrogen) atoms. The second kappa shape index (κ2) is 5.11. The van der Waals surface area contributed by atoms with Gasteiger partial charge in [0.25, 0.3) is 0 Å². The Kier molecular flexibility index (Phi) is 4.07. The maximum absolute atomic E-state index is 11.4. The molecule has 0 heterocycles. The average Bonchev–Trinajstić information content (AvgIpc) is 2.27. The fourth-order valence-corrected chi connectivity index (χ4v) is 1.82. The highest BCUT2D eigenvalue weighted by atomic mass is 32.2. The Morgan fingerprint density at radius 2 is 1.87 bits per heavy atom. The van der Waals surface area contributed by atoms with Gasteiger partial charge in [0.2, 0.25) is 10.0 Å². The maximum Gasteiger partial charge on any atom is 0.240 e. The van der Waals surface area contributed by atoms with Crippen LogP contribution in [0.25, 0.3) is 0 Å². The third kappa shape index (κ3) is 3.19. The van der Waals surface area contributed by atoms with Gasteiger partial charge in [0, 0.05) is 18.8 Å². The molecule has 5 nitrogen and oxygen atoms in total. The van der Waals surface area contributed by atoms with Gasteiger partial charge in [0.1, 0.15) is 0 Å². The largest absolute Gasteiger partial charge is 0.384 e. The zero-order valence-electron chi connectivity index (χ0n) is 8.53. The van der Waals surface area contributed by atoms with Crippen LogP contribution in [-0.4, -0.2) is 28.6 Å². The van der Waals surface area contributed by atoms with E-state index in [1.54, 1.807) is 24.3 Å². The summed E-state index contributed by atoms with van der Waals surface area (Å²) in [6.07, 6.45) is 0. The SMILES string of the molecule is CNS(=O)(=O)c1ccc(NCCN)cc1. The minimum atomic E-state index is -3.34. The minimum Gasteiger partial charge on any atom is -0.384 e. The zero-order valence-corrected chi connectivity index (χ0v) is 9.34. The quantitative estimate of drug-likeness (QED) is 0.661. The molecule has 0 atom stereocenters. The standard InChI is InChI=1S/C9H15N3O2S/c1-11-15(13,14)9-4-2-8(3-5-9)12-7-6-10/h2-5,11-12H,6-7,10H2,1H3. The number of sulfonamides is 1. The van der Waals surface area contributed by atoms with Gasteiger partial charge < -0.3 is 11.1 Å². The molecule has 0 saturated heterocycles. The molecule has 0 aliphatic carbocycles. The Bertz CT molecular complexity index is 400. The van der Waals surface area contributed by atoms with Crippen LogP contribution in [0.4, 0.5) is 5.69 Å². The smallest absolute Gasteiger partial charge is 0.240 e. The van der Waals surface area contributed by atoms with Crippen LogP contribution in [0.1, 0.15) is 0 Å². The lowest BCUT2D eigenvalue weighted by Crippen LogP contribution is -2.18. The van der Waals surface area contributed by atoms with Crippen LogP contribution in [0, 0.1) is 0 Å². The van der Waals surface area contributed by atoms with Crippen LogP contribution in [0.5, 0.6) is 0 Å². The van der Waals surface area contributed by atoms with Gasteiger partial charge >= 0.3 is 0 Å². The Hall–Kier alpha value is -1.11. The van der Waals surface area contributed by atoms with Gasteiger partial charge in [-0.25, -0.2) is 13.1 Å². The van der Waals surface area contributed by atoms with Crippen molar-refractivity contribution in [1.82, 2.24) is 4.72 Å². The Labute approximate surface area is 89.7 Å². The molecule has 84 valence electrons. The van der Waals surface area contributed by atoms with Gasteiger partial charge in [0.05, 0.1) is 4.90 Å². The molecule has 0 aromatic heterocycles. The summed E-state index contributed by atoms with van der Waals surface area (Å²) in [6.45, 7) is 1.20. The zero-order chi connectivity index (χ0) is 11.3. The van der Waals surface area contributed by atoms with Crippen molar-refractivity contribution in [1.29, 1.82) is 0 Å². The van der Waals surface area contributed by atoms with Crippen molar-refractivity contribution in [2.24, 2.45) is 5.73 Å². The first-order valence-corrected chi connectivity index (χ1v) is 6.06. The Morgan fingerprint density at radius 3 is 2.33 bits per heavy atom. The van der Waals surface area contributed by atoms with Gasteiger partial charge in [-0.05, 0) is 31.3 Å². The summed E-state index contributed by atoms with van der Waals surface area (Å²) in [6, 6.07) is 6.51. The molecule has 0 fully saturated rings. The molecule has 0 unspecified atom stereocenters. The molecule has 0 radical (unpaired) electrons. The summed E-state index contributed by atoms with van der Waals surface area (Å²) in [5.41, 5.74) is 6.19. The lowest BCUT2D eigenvalue weighted by Gasteiger charge is -2.06. The molecular formula is C9H15N3O2S. The highest BCUT2D eigenvalue weighted by Gasteiger charge is 2.09. The third-order valence-electron chi connectivity index (χ3n) is 1.91. The average molecular weight is 229 g/mol. The number of nitrogens with one attached hydrogen (secondary N) is 2. The van der Waals surface area contributed by atoms with Crippen molar-refractivity contribution in [2.75, 3.05) is 25.5 Å². The monoisotopic (exact) mass is 229 g/mol. The molecule has 0 aliphatic heterocycles. The van der Waals surface area contributed by atoms with Crippen molar-refractivity contribution in [3.8, 4) is 0 Å². The summed E-state index contributed by atoms with van der Waals surface area (Å²) in [5.74, 6) is 0. The number of hydrogen-bond donors (Lipinski definition) is 3. The Morgan fingerprint density at radius 1 is 1.27 bits per heavy atom. The van der Waals surface area contributed by atoms with E-state index in [-0.39, 0.29) is 4.90 Å². The van der Waals surface area contributed by atoms with Crippen molar-refractivity contribution in [3.05, 3.63) is 24.3 Å². The molecule has 0 saturated carbocycles. The maximum atomic E-state index is 11.4. The van der Waals surface area contributed by atoms with Gasteiger partial charge in [-0.2, -0.15) is 0 Å². The van der Waals surface area contributed by atoms with E-state index >= 15 is 0 Å². The number of rotatable bonds is 5. The highest BCUT2D eigenvalue weighted by molar-refractivity contribution is 7.89. The van der Waals surface area contributed by atoms with Gasteiger partial charge in [-0.1, -0.05) is 0 Å². The predicted octanol–water partition coefficient (Wildman–Crippen LogP) is -0.0347. The molecule has 0 bridgehead atoms. The lowest BCUT2D eigenvalue weighted by atomic mass is 10.3. The van der Waals surface area contributed by atoms with E-state index in [0.717, 1.165) is 5.69 Å². The number of benzene rings is 1. The molecule has 4 N–H and O–H groups in total. The van der Waals surface area contributed by atoms with Gasteiger partial charge in [-0.3, -0.25) is 0 Å². The van der Waals surface area contributed by atoms with E-state index in [2.05, 4.69) is 10.0 Å². The molecule has 1 rings (SSSR count). The normalized spacial score (nSPS) is 11.3. The van der Waals surface area contributed by atoms with E-state index in [9.17, 15) is 8.42 Å². The van der Waals surface area contributed by atoms with Crippen LogP contribution in [0.15, 0.2) is 29.2 Å². The minimum absolute atomic E-state index is 0.253. The van der Waals surface area contributed by atoms with E-state index in [0.29, 0.717) is 13.1 Å². The first kappa shape index (κ1) is 12.0. The van der Waals surface area contributed by atoms with E-state index < -0.39 is 10.0 Å². The molecule has 0 aliphatic rings. The van der Waals surface area contributed by atoms with Crippen LogP contribution in [-0.2, 0) is 10.0 Å². The van der Waals surface area contributed by atoms with Crippen LogP contribution in [0.3, 0.4) is 0 Å².